The normalized spacial score (nSPS) is 10.9. The number of hydrogen-bond acceptors (Lipinski definition) is 3. The smallest absolute Gasteiger partial charge is 0.149 e. The number of benzene rings is 1. The highest BCUT2D eigenvalue weighted by Gasteiger charge is 2.16. The Morgan fingerprint density at radius 1 is 1.24 bits per heavy atom. The molecule has 0 bridgehead atoms. The van der Waals surface area contributed by atoms with E-state index >= 15 is 0 Å². The predicted molar refractivity (Wildman–Crippen MR) is 85.2 cm³/mol. The molecule has 1 heterocycles. The molecule has 0 aliphatic carbocycles. The molecule has 1 N–H and O–H groups in total. The fraction of sp³-hybridized carbons (Fsp3) is 0.333. The van der Waals surface area contributed by atoms with E-state index in [0.717, 1.165) is 11.4 Å². The van der Waals surface area contributed by atoms with E-state index in [-0.39, 0.29) is 5.69 Å². The van der Waals surface area contributed by atoms with Gasteiger partial charge in [0.1, 0.15) is 17.3 Å². The second-order valence-corrected chi connectivity index (χ2v) is 6.55. The van der Waals surface area contributed by atoms with Crippen molar-refractivity contribution in [2.24, 2.45) is 0 Å². The molecule has 2 rings (SSSR count). The zero-order valence-electron chi connectivity index (χ0n) is 11.9. The molecule has 0 atom stereocenters. The summed E-state index contributed by atoms with van der Waals surface area (Å²) in [6, 6.07) is 6.39. The minimum Gasteiger partial charge on any atom is -0.365 e. The summed E-state index contributed by atoms with van der Waals surface area (Å²) in [5.41, 5.74) is 0.586. The van der Waals surface area contributed by atoms with Gasteiger partial charge in [0.25, 0.3) is 0 Å². The molecule has 0 radical (unpaired) electrons. The molecule has 21 heavy (non-hydrogen) atoms. The van der Waals surface area contributed by atoms with Crippen molar-refractivity contribution in [3.8, 4) is 0 Å². The van der Waals surface area contributed by atoms with Crippen LogP contribution in [0.5, 0.6) is 0 Å². The molecule has 6 heteroatoms. The lowest BCUT2D eigenvalue weighted by Crippen LogP contribution is -2.19. The van der Waals surface area contributed by atoms with E-state index in [4.69, 9.17) is 11.6 Å². The van der Waals surface area contributed by atoms with E-state index in [2.05, 4.69) is 5.32 Å². The van der Waals surface area contributed by atoms with Gasteiger partial charge in [0.2, 0.25) is 0 Å². The molecule has 0 aliphatic heterocycles. The third-order valence-corrected chi connectivity index (χ3v) is 4.28. The SMILES string of the molecule is CCNCc1cc(F)c(N(C)Cc2ccc(Cl)s2)c(F)c1. The first kappa shape index (κ1) is 16.2. The van der Waals surface area contributed by atoms with Crippen molar-refractivity contribution in [3.63, 3.8) is 0 Å². The van der Waals surface area contributed by atoms with Gasteiger partial charge in [-0.25, -0.2) is 8.78 Å². The quantitative estimate of drug-likeness (QED) is 0.843. The maximum Gasteiger partial charge on any atom is 0.149 e. The van der Waals surface area contributed by atoms with Crippen LogP contribution in [0.2, 0.25) is 4.34 Å². The Kier molecular flexibility index (Phi) is 5.56. The van der Waals surface area contributed by atoms with Gasteiger partial charge in [-0.3, -0.25) is 0 Å². The Morgan fingerprint density at radius 3 is 2.43 bits per heavy atom. The Hall–Kier alpha value is -1.17. The number of thiophene rings is 1. The van der Waals surface area contributed by atoms with Gasteiger partial charge in [-0.05, 0) is 36.4 Å². The minimum atomic E-state index is -0.548. The van der Waals surface area contributed by atoms with Gasteiger partial charge in [0.05, 0.1) is 10.9 Å². The van der Waals surface area contributed by atoms with Gasteiger partial charge in [0, 0.05) is 18.5 Å². The van der Waals surface area contributed by atoms with E-state index in [1.54, 1.807) is 18.0 Å². The molecule has 0 saturated carbocycles. The molecule has 0 spiro atoms. The van der Waals surface area contributed by atoms with E-state index in [1.165, 1.54) is 23.5 Å². The Balaban J connectivity index is 2.18. The summed E-state index contributed by atoms with van der Waals surface area (Å²) in [5, 5.41) is 3.05. The number of nitrogens with one attached hydrogen (secondary N) is 1. The summed E-state index contributed by atoms with van der Waals surface area (Å²) in [6.45, 7) is 3.57. The maximum atomic E-state index is 14.2. The van der Waals surface area contributed by atoms with Gasteiger partial charge in [-0.15, -0.1) is 11.3 Å². The summed E-state index contributed by atoms with van der Waals surface area (Å²) < 4.78 is 29.0. The van der Waals surface area contributed by atoms with Crippen LogP contribution in [0.15, 0.2) is 24.3 Å². The van der Waals surface area contributed by atoms with E-state index < -0.39 is 11.6 Å². The van der Waals surface area contributed by atoms with Crippen LogP contribution in [0.25, 0.3) is 0 Å². The van der Waals surface area contributed by atoms with Crippen molar-refractivity contribution in [2.75, 3.05) is 18.5 Å². The van der Waals surface area contributed by atoms with Crippen LogP contribution in [0, 0.1) is 11.6 Å². The minimum absolute atomic E-state index is 0.0141. The molecule has 114 valence electrons. The monoisotopic (exact) mass is 330 g/mol. The molecule has 1 aromatic carbocycles. The zero-order chi connectivity index (χ0) is 15.4. The average molecular weight is 331 g/mol. The fourth-order valence-corrected chi connectivity index (χ4v) is 3.24. The number of nitrogens with zero attached hydrogens (tertiary/aromatic N) is 1. The first-order chi connectivity index (χ1) is 10.0. The summed E-state index contributed by atoms with van der Waals surface area (Å²) in [7, 11) is 1.67. The van der Waals surface area contributed by atoms with Crippen molar-refractivity contribution in [1.29, 1.82) is 0 Å². The molecule has 0 aliphatic rings. The summed E-state index contributed by atoms with van der Waals surface area (Å²) in [5.74, 6) is -1.10. The van der Waals surface area contributed by atoms with Crippen LogP contribution >= 0.6 is 22.9 Å². The average Bonchev–Trinajstić information content (AvgIpc) is 2.81. The molecular formula is C15H17ClF2N2S. The van der Waals surface area contributed by atoms with Crippen LogP contribution in [0.3, 0.4) is 0 Å². The molecule has 0 amide bonds. The van der Waals surface area contributed by atoms with Crippen LogP contribution in [0.4, 0.5) is 14.5 Å². The maximum absolute atomic E-state index is 14.2. The Morgan fingerprint density at radius 2 is 1.90 bits per heavy atom. The first-order valence-electron chi connectivity index (χ1n) is 6.65. The number of halogens is 3. The van der Waals surface area contributed by atoms with Gasteiger partial charge in [0.15, 0.2) is 0 Å². The van der Waals surface area contributed by atoms with E-state index in [9.17, 15) is 8.78 Å². The van der Waals surface area contributed by atoms with Crippen molar-refractivity contribution in [3.05, 3.63) is 50.7 Å². The van der Waals surface area contributed by atoms with Crippen LogP contribution < -0.4 is 10.2 Å². The van der Waals surface area contributed by atoms with Crippen molar-refractivity contribution >= 4 is 28.6 Å². The molecule has 0 saturated heterocycles. The number of rotatable bonds is 6. The van der Waals surface area contributed by atoms with Crippen molar-refractivity contribution in [1.82, 2.24) is 5.32 Å². The van der Waals surface area contributed by atoms with E-state index in [0.29, 0.717) is 23.0 Å². The molecule has 0 unspecified atom stereocenters. The highest BCUT2D eigenvalue weighted by molar-refractivity contribution is 7.16. The van der Waals surface area contributed by atoms with Gasteiger partial charge < -0.3 is 10.2 Å². The zero-order valence-corrected chi connectivity index (χ0v) is 13.5. The first-order valence-corrected chi connectivity index (χ1v) is 7.84. The largest absolute Gasteiger partial charge is 0.365 e. The second-order valence-electron chi connectivity index (χ2n) is 4.75. The number of anilines is 1. The lowest BCUT2D eigenvalue weighted by Gasteiger charge is -2.20. The van der Waals surface area contributed by atoms with Crippen LogP contribution in [-0.4, -0.2) is 13.6 Å². The predicted octanol–water partition coefficient (Wildman–Crippen LogP) is 4.43. The summed E-state index contributed by atoms with van der Waals surface area (Å²) >= 11 is 7.27. The fourth-order valence-electron chi connectivity index (χ4n) is 2.10. The lowest BCUT2D eigenvalue weighted by molar-refractivity contribution is 0.570. The molecule has 2 aromatic rings. The van der Waals surface area contributed by atoms with E-state index in [1.807, 2.05) is 13.0 Å². The van der Waals surface area contributed by atoms with Gasteiger partial charge >= 0.3 is 0 Å². The summed E-state index contributed by atoms with van der Waals surface area (Å²) in [6.07, 6.45) is 0. The molecular weight excluding hydrogens is 314 g/mol. The van der Waals surface area contributed by atoms with Gasteiger partial charge in [-0.2, -0.15) is 0 Å². The molecule has 0 fully saturated rings. The standard InChI is InChI=1S/C15H17ClF2N2S/c1-3-19-8-10-6-12(17)15(13(18)7-10)20(2)9-11-4-5-14(16)21-11/h4-7,19H,3,8-9H2,1-2H3. The molecule has 2 nitrogen and oxygen atoms in total. The number of hydrogen-bond donors (Lipinski definition) is 1. The molecule has 1 aromatic heterocycles. The third-order valence-electron chi connectivity index (χ3n) is 3.06. The van der Waals surface area contributed by atoms with Crippen LogP contribution in [-0.2, 0) is 13.1 Å². The highest BCUT2D eigenvalue weighted by atomic mass is 35.5. The third kappa shape index (κ3) is 4.15. The Labute approximate surface area is 132 Å². The highest BCUT2D eigenvalue weighted by Crippen LogP contribution is 2.28. The lowest BCUT2D eigenvalue weighted by atomic mass is 10.1. The Bertz CT molecular complexity index is 592. The van der Waals surface area contributed by atoms with Crippen LogP contribution in [0.1, 0.15) is 17.4 Å². The van der Waals surface area contributed by atoms with Crippen molar-refractivity contribution < 1.29 is 8.78 Å². The second kappa shape index (κ2) is 7.20. The summed E-state index contributed by atoms with van der Waals surface area (Å²) in [4.78, 5) is 2.52. The van der Waals surface area contributed by atoms with Crippen molar-refractivity contribution in [2.45, 2.75) is 20.0 Å². The topological polar surface area (TPSA) is 15.3 Å². The van der Waals surface area contributed by atoms with Gasteiger partial charge in [-0.1, -0.05) is 18.5 Å².